The van der Waals surface area contributed by atoms with Gasteiger partial charge in [0, 0.05) is 6.42 Å². The third-order valence-corrected chi connectivity index (χ3v) is 10.7. The van der Waals surface area contributed by atoms with Crippen LogP contribution in [0.2, 0.25) is 0 Å². The smallest absolute Gasteiger partial charge is 0.322 e. The van der Waals surface area contributed by atoms with Gasteiger partial charge in [0.25, 0.3) is 0 Å². The highest BCUT2D eigenvalue weighted by molar-refractivity contribution is 5.81. The Labute approximate surface area is 187 Å². The van der Waals surface area contributed by atoms with Crippen molar-refractivity contribution in [2.75, 3.05) is 6.54 Å². The van der Waals surface area contributed by atoms with E-state index in [1.807, 2.05) is 0 Å². The maximum atomic E-state index is 12.0. The van der Waals surface area contributed by atoms with Crippen LogP contribution in [0.15, 0.2) is 0 Å². The molecule has 0 bridgehead atoms. The fourth-order valence-corrected chi connectivity index (χ4v) is 9.03. The predicted molar refractivity (Wildman–Crippen MR) is 120 cm³/mol. The first-order chi connectivity index (χ1) is 14.6. The van der Waals surface area contributed by atoms with Gasteiger partial charge in [-0.3, -0.25) is 9.59 Å². The SMILES string of the molecule is C[C@H](CCC(=O)NCC(=O)O)[C@H]1CCC2C3CCC4C[C@H](O)CC[C@]4(C)C3CC[C@@]21C. The first kappa shape index (κ1) is 23.1. The number of carbonyl (C=O) groups excluding carboxylic acids is 1. The average molecular weight is 434 g/mol. The van der Waals surface area contributed by atoms with Crippen LogP contribution in [-0.2, 0) is 9.59 Å². The Balaban J connectivity index is 1.40. The molecule has 0 saturated heterocycles. The summed E-state index contributed by atoms with van der Waals surface area (Å²) in [6.45, 7) is 7.13. The zero-order valence-corrected chi connectivity index (χ0v) is 19.7. The van der Waals surface area contributed by atoms with Crippen molar-refractivity contribution < 1.29 is 19.8 Å². The van der Waals surface area contributed by atoms with Crippen molar-refractivity contribution in [1.29, 1.82) is 0 Å². The van der Waals surface area contributed by atoms with Gasteiger partial charge in [-0.25, -0.2) is 0 Å². The molecule has 4 rings (SSSR count). The van der Waals surface area contributed by atoms with Crippen LogP contribution in [0.25, 0.3) is 0 Å². The zero-order chi connectivity index (χ0) is 22.4. The van der Waals surface area contributed by atoms with Crippen LogP contribution >= 0.6 is 0 Å². The van der Waals surface area contributed by atoms with E-state index >= 15 is 0 Å². The Morgan fingerprint density at radius 2 is 1.71 bits per heavy atom. The van der Waals surface area contributed by atoms with Gasteiger partial charge < -0.3 is 15.5 Å². The molecular weight excluding hydrogens is 390 g/mol. The van der Waals surface area contributed by atoms with E-state index in [0.29, 0.717) is 35.0 Å². The number of fused-ring (bicyclic) bond motifs is 5. The molecule has 4 aliphatic carbocycles. The van der Waals surface area contributed by atoms with E-state index in [1.165, 1.54) is 44.9 Å². The number of nitrogens with one attached hydrogen (secondary N) is 1. The molecular formula is C26H43NO4. The molecule has 0 radical (unpaired) electrons. The number of amides is 1. The predicted octanol–water partition coefficient (Wildman–Crippen LogP) is 4.62. The molecule has 4 aliphatic rings. The lowest BCUT2D eigenvalue weighted by atomic mass is 9.44. The largest absolute Gasteiger partial charge is 0.480 e. The topological polar surface area (TPSA) is 86.6 Å². The van der Waals surface area contributed by atoms with E-state index in [2.05, 4.69) is 26.1 Å². The van der Waals surface area contributed by atoms with Gasteiger partial charge in [-0.05, 0) is 111 Å². The minimum Gasteiger partial charge on any atom is -0.480 e. The number of hydrogen-bond acceptors (Lipinski definition) is 3. The Morgan fingerprint density at radius 1 is 1.00 bits per heavy atom. The molecule has 1 amide bonds. The summed E-state index contributed by atoms with van der Waals surface area (Å²) in [6.07, 6.45) is 12.3. The summed E-state index contributed by atoms with van der Waals surface area (Å²) in [5.74, 6) is 3.23. The van der Waals surface area contributed by atoms with E-state index < -0.39 is 5.97 Å². The van der Waals surface area contributed by atoms with Crippen LogP contribution < -0.4 is 5.32 Å². The highest BCUT2D eigenvalue weighted by Gasteiger charge is 2.60. The molecule has 0 aromatic carbocycles. The van der Waals surface area contributed by atoms with Crippen molar-refractivity contribution in [2.45, 2.75) is 97.5 Å². The van der Waals surface area contributed by atoms with Gasteiger partial charge in [-0.2, -0.15) is 0 Å². The highest BCUT2D eigenvalue weighted by Crippen LogP contribution is 2.68. The summed E-state index contributed by atoms with van der Waals surface area (Å²) >= 11 is 0. The Morgan fingerprint density at radius 3 is 2.45 bits per heavy atom. The van der Waals surface area contributed by atoms with E-state index in [1.54, 1.807) is 0 Å². The summed E-state index contributed by atoms with van der Waals surface area (Å²) < 4.78 is 0. The lowest BCUT2D eigenvalue weighted by Crippen LogP contribution is -2.54. The lowest BCUT2D eigenvalue weighted by molar-refractivity contribution is -0.138. The van der Waals surface area contributed by atoms with E-state index in [4.69, 9.17) is 5.11 Å². The maximum Gasteiger partial charge on any atom is 0.322 e. The van der Waals surface area contributed by atoms with Crippen molar-refractivity contribution in [2.24, 2.45) is 46.3 Å². The number of carboxylic acid groups (broad SMARTS) is 1. The van der Waals surface area contributed by atoms with Crippen LogP contribution in [0.4, 0.5) is 0 Å². The van der Waals surface area contributed by atoms with Crippen LogP contribution in [0, 0.1) is 46.3 Å². The molecule has 0 aliphatic heterocycles. The van der Waals surface area contributed by atoms with Crippen molar-refractivity contribution in [3.63, 3.8) is 0 Å². The van der Waals surface area contributed by atoms with Crippen LogP contribution in [0.3, 0.4) is 0 Å². The van der Waals surface area contributed by atoms with Crippen LogP contribution in [-0.4, -0.2) is 34.7 Å². The van der Waals surface area contributed by atoms with Gasteiger partial charge >= 0.3 is 5.97 Å². The Bertz CT molecular complexity index is 695. The lowest BCUT2D eigenvalue weighted by Gasteiger charge is -2.61. The molecule has 4 unspecified atom stereocenters. The second-order valence-corrected chi connectivity index (χ2v) is 12.0. The van der Waals surface area contributed by atoms with Crippen molar-refractivity contribution in [3.05, 3.63) is 0 Å². The van der Waals surface area contributed by atoms with Gasteiger partial charge in [0.05, 0.1) is 6.10 Å². The summed E-state index contributed by atoms with van der Waals surface area (Å²) in [5, 5.41) is 21.5. The summed E-state index contributed by atoms with van der Waals surface area (Å²) in [6, 6.07) is 0. The minimum atomic E-state index is -0.986. The van der Waals surface area contributed by atoms with Gasteiger partial charge in [0.15, 0.2) is 0 Å². The molecule has 0 aromatic heterocycles. The van der Waals surface area contributed by atoms with Crippen molar-refractivity contribution >= 4 is 11.9 Å². The molecule has 0 heterocycles. The van der Waals surface area contributed by atoms with Crippen LogP contribution in [0.5, 0.6) is 0 Å². The zero-order valence-electron chi connectivity index (χ0n) is 19.7. The van der Waals surface area contributed by atoms with E-state index in [9.17, 15) is 14.7 Å². The third-order valence-electron chi connectivity index (χ3n) is 10.7. The molecule has 5 nitrogen and oxygen atoms in total. The van der Waals surface area contributed by atoms with Crippen molar-refractivity contribution in [1.82, 2.24) is 5.32 Å². The monoisotopic (exact) mass is 433 g/mol. The molecule has 31 heavy (non-hydrogen) atoms. The molecule has 0 aromatic rings. The first-order valence-electron chi connectivity index (χ1n) is 12.8. The molecule has 176 valence electrons. The van der Waals surface area contributed by atoms with Gasteiger partial charge in [0.2, 0.25) is 5.91 Å². The maximum absolute atomic E-state index is 12.0. The molecule has 5 heteroatoms. The molecule has 4 fully saturated rings. The fourth-order valence-electron chi connectivity index (χ4n) is 9.03. The van der Waals surface area contributed by atoms with Crippen molar-refractivity contribution in [3.8, 4) is 0 Å². The molecule has 3 N–H and O–H groups in total. The second kappa shape index (κ2) is 8.68. The number of aliphatic hydroxyl groups is 1. The normalized spacial score (nSPS) is 45.2. The average Bonchev–Trinajstić information content (AvgIpc) is 3.08. The number of aliphatic hydroxyl groups excluding tert-OH is 1. The molecule has 4 saturated carbocycles. The van der Waals surface area contributed by atoms with E-state index in [-0.39, 0.29) is 18.6 Å². The number of hydrogen-bond donors (Lipinski definition) is 3. The number of carbonyl (C=O) groups is 2. The minimum absolute atomic E-state index is 0.0760. The van der Waals surface area contributed by atoms with Gasteiger partial charge in [-0.1, -0.05) is 20.8 Å². The first-order valence-corrected chi connectivity index (χ1v) is 12.8. The molecule has 0 spiro atoms. The third kappa shape index (κ3) is 4.16. The van der Waals surface area contributed by atoms with Gasteiger partial charge in [0.1, 0.15) is 6.54 Å². The van der Waals surface area contributed by atoms with Gasteiger partial charge in [-0.15, -0.1) is 0 Å². The summed E-state index contributed by atoms with van der Waals surface area (Å²) in [4.78, 5) is 22.7. The Kier molecular flexibility index (Phi) is 6.46. The standard InChI is InChI=1S/C26H43NO4/c1-16(4-9-23(29)27-15-24(30)31)20-7-8-21-19-6-5-17-14-18(28)10-12-25(17,2)22(19)11-13-26(20,21)3/h16-22,28H,4-15H2,1-3H3,(H,27,29)(H,30,31)/t16-,17?,18-,19?,20-,21?,22?,25+,26-/m1/s1. The fraction of sp³-hybridized carbons (Fsp3) is 0.923. The highest BCUT2D eigenvalue weighted by atomic mass is 16.4. The number of rotatable bonds is 6. The number of aliphatic carboxylic acids is 1. The summed E-state index contributed by atoms with van der Waals surface area (Å²) in [5.41, 5.74) is 0.810. The van der Waals surface area contributed by atoms with E-state index in [0.717, 1.165) is 37.0 Å². The summed E-state index contributed by atoms with van der Waals surface area (Å²) in [7, 11) is 0. The second-order valence-electron chi connectivity index (χ2n) is 12.0. The van der Waals surface area contributed by atoms with Crippen LogP contribution in [0.1, 0.15) is 91.4 Å². The number of carboxylic acids is 1. The Hall–Kier alpha value is -1.10. The molecule has 9 atom stereocenters. The quantitative estimate of drug-likeness (QED) is 0.570.